The molecule has 12 heavy (non-hydrogen) atoms. The lowest BCUT2D eigenvalue weighted by molar-refractivity contribution is 0.0566. The van der Waals surface area contributed by atoms with Crippen LogP contribution in [0.2, 0.25) is 0 Å². The minimum Gasteiger partial charge on any atom is -0.410 e. The van der Waals surface area contributed by atoms with Gasteiger partial charge in [-0.25, -0.2) is 4.68 Å². The summed E-state index contributed by atoms with van der Waals surface area (Å²) < 4.78 is 24.2. The van der Waals surface area contributed by atoms with Crippen molar-refractivity contribution in [1.29, 1.82) is 0 Å². The molecule has 0 saturated carbocycles. The molecule has 1 N–H and O–H groups in total. The van der Waals surface area contributed by atoms with Crippen LogP contribution in [0.4, 0.5) is 8.78 Å². The second-order valence-corrected chi connectivity index (χ2v) is 2.24. The van der Waals surface area contributed by atoms with Gasteiger partial charge in [0.15, 0.2) is 5.17 Å². The van der Waals surface area contributed by atoms with E-state index in [9.17, 15) is 8.78 Å². The summed E-state index contributed by atoms with van der Waals surface area (Å²) in [6.45, 7) is -2.72. The van der Waals surface area contributed by atoms with Gasteiger partial charge in [-0.15, -0.1) is 0 Å². The molecule has 0 aliphatic rings. The maximum absolute atomic E-state index is 11.9. The van der Waals surface area contributed by atoms with Crippen LogP contribution in [0.5, 0.6) is 0 Å². The van der Waals surface area contributed by atoms with Crippen LogP contribution in [-0.2, 0) is 0 Å². The molecule has 1 aromatic heterocycles. The minimum atomic E-state index is -2.72. The third kappa shape index (κ3) is 1.70. The normalized spacial score (nSPS) is 12.5. The first-order valence-corrected chi connectivity index (χ1v) is 3.23. The Morgan fingerprint density at radius 2 is 2.42 bits per heavy atom. The summed E-state index contributed by atoms with van der Waals surface area (Å²) >= 11 is 5.31. The zero-order chi connectivity index (χ0) is 9.14. The fraction of sp³-hybridized carbons (Fsp3) is 0.200. The van der Waals surface area contributed by atoms with Crippen LogP contribution in [0.15, 0.2) is 17.5 Å². The highest BCUT2D eigenvalue weighted by atomic mass is 35.5. The van der Waals surface area contributed by atoms with Crippen molar-refractivity contribution >= 4 is 16.8 Å². The average Bonchev–Trinajstić information content (AvgIpc) is 2.51. The molecule has 0 saturated heterocycles. The topological polar surface area (TPSA) is 50.4 Å². The number of nitrogens with zero attached hydrogens (tertiary/aromatic N) is 3. The number of aromatic nitrogens is 2. The largest absolute Gasteiger partial charge is 0.410 e. The fourth-order valence-electron chi connectivity index (χ4n) is 0.609. The molecule has 1 rings (SSSR count). The number of oxime groups is 1. The number of rotatable bonds is 2. The Labute approximate surface area is 71.0 Å². The van der Waals surface area contributed by atoms with Crippen LogP contribution in [-0.4, -0.2) is 20.2 Å². The minimum absolute atomic E-state index is 0.138. The van der Waals surface area contributed by atoms with Gasteiger partial charge >= 0.3 is 6.55 Å². The Morgan fingerprint density at radius 3 is 2.83 bits per heavy atom. The van der Waals surface area contributed by atoms with Gasteiger partial charge < -0.3 is 5.21 Å². The summed E-state index contributed by atoms with van der Waals surface area (Å²) in [5, 5.41) is 13.8. The second kappa shape index (κ2) is 3.48. The number of halogens is 3. The quantitative estimate of drug-likeness (QED) is 0.443. The Balaban J connectivity index is 2.92. The number of hydrogen-bond acceptors (Lipinski definition) is 3. The van der Waals surface area contributed by atoms with Crippen molar-refractivity contribution in [3.05, 3.63) is 18.0 Å². The Kier molecular flexibility index (Phi) is 2.59. The number of alkyl halides is 2. The molecule has 1 heterocycles. The van der Waals surface area contributed by atoms with Crippen LogP contribution in [0.25, 0.3) is 0 Å². The summed E-state index contributed by atoms with van der Waals surface area (Å²) in [4.78, 5) is 0. The van der Waals surface area contributed by atoms with E-state index in [4.69, 9.17) is 16.8 Å². The first-order chi connectivity index (χ1) is 5.65. The Morgan fingerprint density at radius 1 is 1.75 bits per heavy atom. The van der Waals surface area contributed by atoms with Crippen molar-refractivity contribution < 1.29 is 14.0 Å². The summed E-state index contributed by atoms with van der Waals surface area (Å²) in [5.74, 6) is 0. The van der Waals surface area contributed by atoms with E-state index in [1.54, 1.807) is 0 Å². The van der Waals surface area contributed by atoms with Crippen LogP contribution >= 0.6 is 11.6 Å². The molecule has 0 aliphatic heterocycles. The van der Waals surface area contributed by atoms with Crippen LogP contribution in [0, 0.1) is 0 Å². The Hall–Kier alpha value is -1.17. The van der Waals surface area contributed by atoms with Gasteiger partial charge in [0.1, 0.15) is 0 Å². The maximum atomic E-state index is 11.9. The Bertz CT molecular complexity index is 299. The maximum Gasteiger partial charge on any atom is 0.333 e. The van der Waals surface area contributed by atoms with Gasteiger partial charge in [0, 0.05) is 6.20 Å². The molecule has 0 bridgehead atoms. The summed E-state index contributed by atoms with van der Waals surface area (Å²) in [6.07, 6.45) is 2.06. The van der Waals surface area contributed by atoms with Gasteiger partial charge in [-0.2, -0.15) is 13.9 Å². The monoisotopic (exact) mass is 195 g/mol. The SMILES string of the molecule is O/N=C(\Cl)c1cnn(C(F)F)c1. The van der Waals surface area contributed by atoms with E-state index in [2.05, 4.69) is 10.3 Å². The molecule has 0 unspecified atom stereocenters. The van der Waals surface area contributed by atoms with Gasteiger partial charge in [0.25, 0.3) is 0 Å². The number of hydrogen-bond donors (Lipinski definition) is 1. The second-order valence-electron chi connectivity index (χ2n) is 1.88. The fourth-order valence-corrected chi connectivity index (χ4v) is 0.707. The zero-order valence-electron chi connectivity index (χ0n) is 5.65. The third-order valence-corrected chi connectivity index (χ3v) is 1.42. The van der Waals surface area contributed by atoms with E-state index in [0.717, 1.165) is 12.4 Å². The summed E-state index contributed by atoms with van der Waals surface area (Å²) in [6, 6.07) is 0. The molecule has 0 fully saturated rings. The van der Waals surface area contributed by atoms with Gasteiger partial charge in [-0.3, -0.25) is 0 Å². The van der Waals surface area contributed by atoms with Crippen molar-refractivity contribution in [3.8, 4) is 0 Å². The highest BCUT2D eigenvalue weighted by molar-refractivity contribution is 6.69. The molecule has 1 aromatic rings. The van der Waals surface area contributed by atoms with Crippen molar-refractivity contribution in [3.63, 3.8) is 0 Å². The smallest absolute Gasteiger partial charge is 0.333 e. The van der Waals surface area contributed by atoms with Crippen molar-refractivity contribution in [2.24, 2.45) is 5.16 Å². The lowest BCUT2D eigenvalue weighted by Crippen LogP contribution is -1.97. The molecule has 7 heteroatoms. The highest BCUT2D eigenvalue weighted by Crippen LogP contribution is 2.11. The van der Waals surface area contributed by atoms with E-state index in [1.807, 2.05) is 0 Å². The molecular weight excluding hydrogens is 192 g/mol. The molecule has 0 aromatic carbocycles. The predicted octanol–water partition coefficient (Wildman–Crippen LogP) is 1.65. The lowest BCUT2D eigenvalue weighted by Gasteiger charge is -1.94. The lowest BCUT2D eigenvalue weighted by atomic mass is 10.4. The highest BCUT2D eigenvalue weighted by Gasteiger charge is 2.09. The molecule has 0 aliphatic carbocycles. The average molecular weight is 196 g/mol. The zero-order valence-corrected chi connectivity index (χ0v) is 6.41. The van der Waals surface area contributed by atoms with E-state index < -0.39 is 6.55 Å². The van der Waals surface area contributed by atoms with E-state index >= 15 is 0 Å². The molecule has 0 spiro atoms. The predicted molar refractivity (Wildman–Crippen MR) is 37.7 cm³/mol. The van der Waals surface area contributed by atoms with Gasteiger partial charge in [-0.1, -0.05) is 16.8 Å². The molecule has 66 valence electrons. The van der Waals surface area contributed by atoms with Crippen molar-refractivity contribution in [1.82, 2.24) is 9.78 Å². The van der Waals surface area contributed by atoms with E-state index in [0.29, 0.717) is 4.68 Å². The first-order valence-electron chi connectivity index (χ1n) is 2.85. The van der Waals surface area contributed by atoms with Crippen LogP contribution in [0.1, 0.15) is 12.1 Å². The third-order valence-electron chi connectivity index (χ3n) is 1.13. The standard InChI is InChI=1S/C5H4ClF2N3O/c6-4(10-12)3-1-9-11(2-3)5(7)8/h1-2,5,12H/b10-4-. The van der Waals surface area contributed by atoms with Gasteiger partial charge in [0.2, 0.25) is 0 Å². The molecule has 0 atom stereocenters. The van der Waals surface area contributed by atoms with Crippen molar-refractivity contribution in [2.45, 2.75) is 6.55 Å². The van der Waals surface area contributed by atoms with Crippen LogP contribution in [0.3, 0.4) is 0 Å². The summed E-state index contributed by atoms with van der Waals surface area (Å²) in [7, 11) is 0. The summed E-state index contributed by atoms with van der Waals surface area (Å²) in [5.41, 5.74) is 0.138. The molecule has 4 nitrogen and oxygen atoms in total. The molecule has 0 amide bonds. The van der Waals surface area contributed by atoms with Gasteiger partial charge in [0.05, 0.1) is 11.8 Å². The molecule has 0 radical (unpaired) electrons. The van der Waals surface area contributed by atoms with Crippen LogP contribution < -0.4 is 0 Å². The van der Waals surface area contributed by atoms with Gasteiger partial charge in [-0.05, 0) is 0 Å². The van der Waals surface area contributed by atoms with E-state index in [-0.39, 0.29) is 10.7 Å². The molecular formula is C5H4ClF2N3O. The van der Waals surface area contributed by atoms with E-state index in [1.165, 1.54) is 0 Å². The van der Waals surface area contributed by atoms with Crippen molar-refractivity contribution in [2.75, 3.05) is 0 Å². The first kappa shape index (κ1) is 8.92.